The monoisotopic (exact) mass is 645 g/mol. The number of nitrogens with zero attached hydrogens (tertiary/aromatic N) is 3. The van der Waals surface area contributed by atoms with Gasteiger partial charge in [-0.1, -0.05) is 45.1 Å². The van der Waals surface area contributed by atoms with Crippen molar-refractivity contribution in [2.24, 2.45) is 5.92 Å². The van der Waals surface area contributed by atoms with Crippen LogP contribution in [0.5, 0.6) is 11.5 Å². The molecule has 3 atom stereocenters. The number of phenolic OH excluding ortho intramolecular Hbond substituents is 1. The van der Waals surface area contributed by atoms with Crippen LogP contribution in [0.15, 0.2) is 56.8 Å². The topological polar surface area (TPSA) is 118 Å². The van der Waals surface area contributed by atoms with Crippen LogP contribution in [0.1, 0.15) is 16.4 Å². The number of thiazole rings is 1. The predicted molar refractivity (Wildman–Crippen MR) is 152 cm³/mol. The fraction of sp³-hybridized carbons (Fsp3) is 0.333. The molecule has 40 heavy (non-hydrogen) atoms. The Labute approximate surface area is 245 Å². The summed E-state index contributed by atoms with van der Waals surface area (Å²) in [7, 11) is 1.43. The van der Waals surface area contributed by atoms with Crippen LogP contribution >= 0.6 is 39.0 Å². The second-order valence-corrected chi connectivity index (χ2v) is 12.6. The lowest BCUT2D eigenvalue weighted by Gasteiger charge is -2.31. The van der Waals surface area contributed by atoms with Crippen LogP contribution in [0.4, 0.5) is 5.69 Å². The highest BCUT2D eigenvalue weighted by Crippen LogP contribution is 2.54. The number of phenols is 1. The number of aromatic nitrogens is 1. The van der Waals surface area contributed by atoms with Gasteiger partial charge in [0.1, 0.15) is 11.8 Å². The van der Waals surface area contributed by atoms with Crippen LogP contribution in [0, 0.1) is 5.92 Å². The summed E-state index contributed by atoms with van der Waals surface area (Å²) in [6.07, 6.45) is 0. The highest BCUT2D eigenvalue weighted by Gasteiger charge is 2.57. The Kier molecular flexibility index (Phi) is 7.23. The van der Waals surface area contributed by atoms with Crippen LogP contribution in [0.2, 0.25) is 0 Å². The number of fused-ring (bicyclic) bond motifs is 2. The number of hydrogen-bond donors (Lipinski definition) is 1. The molecular formula is C27H24BrN3O7S2. The van der Waals surface area contributed by atoms with Gasteiger partial charge in [0.2, 0.25) is 17.7 Å². The van der Waals surface area contributed by atoms with Gasteiger partial charge in [-0.25, -0.2) is 4.90 Å². The normalized spacial score (nSPS) is 22.3. The number of benzene rings is 2. The van der Waals surface area contributed by atoms with E-state index in [0.29, 0.717) is 47.5 Å². The molecule has 6 rings (SSSR count). The number of imide groups is 1. The first-order chi connectivity index (χ1) is 19.3. The molecular weight excluding hydrogens is 622 g/mol. The van der Waals surface area contributed by atoms with E-state index < -0.39 is 17.1 Å². The van der Waals surface area contributed by atoms with Crippen molar-refractivity contribution in [3.8, 4) is 11.5 Å². The van der Waals surface area contributed by atoms with Gasteiger partial charge in [0.15, 0.2) is 11.5 Å². The van der Waals surface area contributed by atoms with Crippen LogP contribution in [0.3, 0.4) is 0 Å². The zero-order valence-corrected chi connectivity index (χ0v) is 24.5. The molecule has 3 aromatic rings. The molecule has 1 N–H and O–H groups in total. The van der Waals surface area contributed by atoms with Gasteiger partial charge in [-0.2, -0.15) is 0 Å². The summed E-state index contributed by atoms with van der Waals surface area (Å²) < 4.78 is 12.9. The van der Waals surface area contributed by atoms with Crippen molar-refractivity contribution in [2.45, 2.75) is 22.7 Å². The second-order valence-electron chi connectivity index (χ2n) is 9.58. The van der Waals surface area contributed by atoms with E-state index >= 15 is 0 Å². The van der Waals surface area contributed by atoms with Crippen LogP contribution in [-0.2, 0) is 25.7 Å². The Balaban J connectivity index is 1.46. The van der Waals surface area contributed by atoms with Gasteiger partial charge in [0.25, 0.3) is 0 Å². The maximum absolute atomic E-state index is 14.0. The molecule has 4 heterocycles. The number of ether oxygens (including phenoxy) is 2. The fourth-order valence-electron chi connectivity index (χ4n) is 5.39. The number of carbonyl (C=O) groups is 3. The molecule has 3 aliphatic heterocycles. The first-order valence-corrected chi connectivity index (χ1v) is 15.0. The molecule has 0 radical (unpaired) electrons. The average Bonchev–Trinajstić information content (AvgIpc) is 3.40. The Morgan fingerprint density at radius 1 is 1.10 bits per heavy atom. The highest BCUT2D eigenvalue weighted by atomic mass is 79.9. The van der Waals surface area contributed by atoms with Crippen molar-refractivity contribution in [1.82, 2.24) is 9.47 Å². The number of rotatable bonds is 5. The van der Waals surface area contributed by atoms with Crippen LogP contribution in [0.25, 0.3) is 0 Å². The molecule has 2 aromatic carbocycles. The minimum Gasteiger partial charge on any atom is -0.504 e. The van der Waals surface area contributed by atoms with Crippen molar-refractivity contribution >= 4 is 62.4 Å². The summed E-state index contributed by atoms with van der Waals surface area (Å²) in [5, 5.41) is 9.92. The van der Waals surface area contributed by atoms with E-state index in [1.165, 1.54) is 22.6 Å². The average molecular weight is 647 g/mol. The second kappa shape index (κ2) is 10.7. The lowest BCUT2D eigenvalue weighted by atomic mass is 9.83. The third kappa shape index (κ3) is 4.54. The first kappa shape index (κ1) is 27.1. The maximum Gasteiger partial charge on any atom is 0.308 e. The lowest BCUT2D eigenvalue weighted by molar-refractivity contribution is -0.136. The molecule has 0 spiro atoms. The summed E-state index contributed by atoms with van der Waals surface area (Å²) >= 11 is 5.53. The Morgan fingerprint density at radius 3 is 2.52 bits per heavy atom. The van der Waals surface area contributed by atoms with Crippen molar-refractivity contribution in [1.29, 1.82) is 0 Å². The molecule has 208 valence electrons. The van der Waals surface area contributed by atoms with Gasteiger partial charge >= 0.3 is 4.87 Å². The van der Waals surface area contributed by atoms with E-state index in [1.807, 2.05) is 0 Å². The minimum absolute atomic E-state index is 0.0691. The largest absolute Gasteiger partial charge is 0.504 e. The van der Waals surface area contributed by atoms with E-state index in [1.54, 1.807) is 41.3 Å². The number of amides is 3. The molecule has 2 saturated heterocycles. The van der Waals surface area contributed by atoms with Crippen LogP contribution in [-0.4, -0.2) is 71.0 Å². The smallest absolute Gasteiger partial charge is 0.308 e. The molecule has 0 aliphatic carbocycles. The lowest BCUT2D eigenvalue weighted by Crippen LogP contribution is -2.43. The zero-order chi connectivity index (χ0) is 28.1. The molecule has 13 heteroatoms. The summed E-state index contributed by atoms with van der Waals surface area (Å²) in [6, 6.07) is 11.7. The quantitative estimate of drug-likeness (QED) is 0.421. The number of halogens is 1. The summed E-state index contributed by atoms with van der Waals surface area (Å²) in [5.41, 5.74) is 1.08. The van der Waals surface area contributed by atoms with Crippen molar-refractivity contribution in [3.63, 3.8) is 0 Å². The number of thioether (sulfide) groups is 1. The summed E-state index contributed by atoms with van der Waals surface area (Å²) in [4.78, 5) is 57.4. The van der Waals surface area contributed by atoms with E-state index in [-0.39, 0.29) is 40.6 Å². The molecule has 0 bridgehead atoms. The molecule has 10 nitrogen and oxygen atoms in total. The molecule has 3 aliphatic rings. The molecule has 0 saturated carbocycles. The van der Waals surface area contributed by atoms with Crippen molar-refractivity contribution in [3.05, 3.63) is 67.0 Å². The Hall–Kier alpha value is -3.13. The van der Waals surface area contributed by atoms with E-state index in [9.17, 15) is 24.3 Å². The number of methoxy groups -OCH3 is 1. The summed E-state index contributed by atoms with van der Waals surface area (Å²) in [6.45, 7) is 1.60. The van der Waals surface area contributed by atoms with Gasteiger partial charge in [0.05, 0.1) is 37.0 Å². The number of morpholine rings is 1. The van der Waals surface area contributed by atoms with Gasteiger partial charge < -0.3 is 19.5 Å². The Bertz CT molecular complexity index is 1560. The fourth-order valence-corrected chi connectivity index (χ4v) is 8.43. The van der Waals surface area contributed by atoms with Gasteiger partial charge in [-0.15, -0.1) is 0 Å². The highest BCUT2D eigenvalue weighted by molar-refractivity contribution is 9.10. The standard InChI is InChI=1S/C27H24BrN3O7S2/c1-37-18-12-14(2-7-17(18)32)20-21-22(25(35)31(24(21)34)16-5-3-15(28)4-6-16)39-26-23(20)40-27(36)30(26)13-19(33)29-8-10-38-11-9-29/h2-7,12,20-22,32H,8-11,13H2,1H3/t20-,21+,22-/m0/s1. The maximum atomic E-state index is 14.0. The number of anilines is 1. The first-order valence-electron chi connectivity index (χ1n) is 12.5. The van der Waals surface area contributed by atoms with E-state index in [0.717, 1.165) is 27.6 Å². The number of carbonyl (C=O) groups excluding carboxylic acids is 3. The minimum atomic E-state index is -0.813. The van der Waals surface area contributed by atoms with Gasteiger partial charge in [-0.05, 0) is 42.0 Å². The third-order valence-corrected chi connectivity index (χ3v) is 10.5. The third-order valence-electron chi connectivity index (χ3n) is 7.35. The summed E-state index contributed by atoms with van der Waals surface area (Å²) in [5.74, 6) is -2.28. The molecule has 3 amide bonds. The SMILES string of the molecule is COc1cc([C@@H]2c3sc(=O)n(CC(=O)N4CCOCC4)c3S[C@@H]3C(=O)N(c4ccc(Br)cc4)C(=O)[C@H]23)ccc1O. The van der Waals surface area contributed by atoms with Gasteiger partial charge in [0, 0.05) is 28.4 Å². The molecule has 2 fully saturated rings. The number of aromatic hydroxyl groups is 1. The zero-order valence-electron chi connectivity index (χ0n) is 21.2. The van der Waals surface area contributed by atoms with Crippen LogP contribution < -0.4 is 14.5 Å². The van der Waals surface area contributed by atoms with Crippen molar-refractivity contribution in [2.75, 3.05) is 38.3 Å². The van der Waals surface area contributed by atoms with Gasteiger partial charge in [-0.3, -0.25) is 23.7 Å². The Morgan fingerprint density at radius 2 is 1.82 bits per heavy atom. The molecule has 0 unspecified atom stereocenters. The van der Waals surface area contributed by atoms with E-state index in [4.69, 9.17) is 9.47 Å². The molecule has 1 aromatic heterocycles. The predicted octanol–water partition coefficient (Wildman–Crippen LogP) is 3.04. The van der Waals surface area contributed by atoms with Crippen molar-refractivity contribution < 1.29 is 29.0 Å². The number of hydrogen-bond acceptors (Lipinski definition) is 9. The van der Waals surface area contributed by atoms with E-state index in [2.05, 4.69) is 15.9 Å².